The van der Waals surface area contributed by atoms with Crippen molar-refractivity contribution in [3.63, 3.8) is 0 Å². The number of carbonyl (C=O) groups is 1. The molecule has 0 bridgehead atoms. The zero-order chi connectivity index (χ0) is 14.6. The molecule has 1 amide bonds. The number of nitrogens with one attached hydrogen (secondary N) is 1. The second-order valence-corrected chi connectivity index (χ2v) is 5.12. The van der Waals surface area contributed by atoms with Gasteiger partial charge in [-0.2, -0.15) is 0 Å². The number of hydrogen-bond acceptors (Lipinski definition) is 2. The molecule has 3 nitrogen and oxygen atoms in total. The summed E-state index contributed by atoms with van der Waals surface area (Å²) in [6, 6.07) is 3.94. The van der Waals surface area contributed by atoms with Crippen LogP contribution < -0.4 is 10.1 Å². The number of carbonyl (C=O) groups excluding carboxylic acids is 1. The van der Waals surface area contributed by atoms with Crippen LogP contribution in [0.25, 0.3) is 0 Å². The molecule has 106 valence electrons. The Morgan fingerprint density at radius 2 is 2.05 bits per heavy atom. The summed E-state index contributed by atoms with van der Waals surface area (Å²) >= 11 is 3.05. The predicted octanol–water partition coefficient (Wildman–Crippen LogP) is 3.73. The molecule has 1 rings (SSSR count). The molecule has 0 unspecified atom stereocenters. The van der Waals surface area contributed by atoms with Gasteiger partial charge in [0.25, 0.3) is 5.91 Å². The molecule has 0 aromatic heterocycles. The van der Waals surface area contributed by atoms with Crippen molar-refractivity contribution < 1.29 is 22.7 Å². The molecule has 1 aromatic carbocycles. The third-order valence-electron chi connectivity index (χ3n) is 2.10. The fraction of sp³-hybridized carbons (Fsp3) is 0.417. The highest BCUT2D eigenvalue weighted by Gasteiger charge is 2.33. The number of halogens is 4. The lowest BCUT2D eigenvalue weighted by molar-refractivity contribution is -0.274. The van der Waals surface area contributed by atoms with E-state index in [9.17, 15) is 18.0 Å². The molecule has 0 aliphatic rings. The molecule has 0 aliphatic carbocycles. The van der Waals surface area contributed by atoms with Gasteiger partial charge in [-0.05, 0) is 34.0 Å². The van der Waals surface area contributed by atoms with E-state index in [1.807, 2.05) is 13.8 Å². The van der Waals surface area contributed by atoms with Gasteiger partial charge in [0.1, 0.15) is 5.75 Å². The van der Waals surface area contributed by atoms with Gasteiger partial charge >= 0.3 is 6.36 Å². The molecule has 0 saturated heterocycles. The highest BCUT2D eigenvalue weighted by Crippen LogP contribution is 2.31. The molecule has 0 radical (unpaired) electrons. The number of benzene rings is 1. The molecule has 0 atom stereocenters. The van der Waals surface area contributed by atoms with Crippen molar-refractivity contribution in [2.75, 3.05) is 6.54 Å². The van der Waals surface area contributed by atoms with Crippen LogP contribution in [0.5, 0.6) is 5.75 Å². The fourth-order valence-electron chi connectivity index (χ4n) is 1.32. The molecule has 1 aromatic rings. The highest BCUT2D eigenvalue weighted by atomic mass is 79.9. The van der Waals surface area contributed by atoms with E-state index in [0.29, 0.717) is 6.54 Å². The van der Waals surface area contributed by atoms with Crippen LogP contribution in [0.2, 0.25) is 0 Å². The Labute approximate surface area is 117 Å². The molecule has 19 heavy (non-hydrogen) atoms. The van der Waals surface area contributed by atoms with Crippen molar-refractivity contribution in [2.45, 2.75) is 20.2 Å². The van der Waals surface area contributed by atoms with E-state index in [1.165, 1.54) is 12.1 Å². The van der Waals surface area contributed by atoms with E-state index < -0.39 is 18.0 Å². The molecule has 7 heteroatoms. The van der Waals surface area contributed by atoms with Gasteiger partial charge in [0, 0.05) is 11.0 Å². The topological polar surface area (TPSA) is 38.3 Å². The normalized spacial score (nSPS) is 11.5. The largest absolute Gasteiger partial charge is 0.573 e. The van der Waals surface area contributed by atoms with Gasteiger partial charge in [0.15, 0.2) is 0 Å². The minimum Gasteiger partial charge on any atom is -0.405 e. The van der Waals surface area contributed by atoms with Crippen molar-refractivity contribution in [3.8, 4) is 5.75 Å². The lowest BCUT2D eigenvalue weighted by atomic mass is 10.1. The minimum atomic E-state index is -4.84. The van der Waals surface area contributed by atoms with Crippen LogP contribution in [0.15, 0.2) is 22.7 Å². The average Bonchev–Trinajstić information content (AvgIpc) is 2.24. The second-order valence-electron chi connectivity index (χ2n) is 4.26. The quantitative estimate of drug-likeness (QED) is 0.907. The van der Waals surface area contributed by atoms with E-state index in [1.54, 1.807) is 0 Å². The maximum Gasteiger partial charge on any atom is 0.573 e. The third kappa shape index (κ3) is 5.10. The molecule has 0 fully saturated rings. The van der Waals surface area contributed by atoms with Crippen LogP contribution in [0, 0.1) is 5.92 Å². The number of ether oxygens (including phenoxy) is 1. The smallest absolute Gasteiger partial charge is 0.405 e. The SMILES string of the molecule is CC(C)CNC(=O)c1c(Br)cccc1OC(F)(F)F. The molecular weight excluding hydrogens is 327 g/mol. The number of rotatable bonds is 4. The van der Waals surface area contributed by atoms with Gasteiger partial charge in [-0.15, -0.1) is 13.2 Å². The number of alkyl halides is 3. The van der Waals surface area contributed by atoms with Gasteiger partial charge in [0.2, 0.25) is 0 Å². The van der Waals surface area contributed by atoms with Crippen LogP contribution in [0.1, 0.15) is 24.2 Å². The van der Waals surface area contributed by atoms with Crippen molar-refractivity contribution >= 4 is 21.8 Å². The maximum atomic E-state index is 12.3. The summed E-state index contributed by atoms with van der Waals surface area (Å²) in [4.78, 5) is 11.9. The summed E-state index contributed by atoms with van der Waals surface area (Å²) in [5.74, 6) is -0.943. The Kier molecular flexibility index (Phi) is 5.22. The van der Waals surface area contributed by atoms with Crippen molar-refractivity contribution in [3.05, 3.63) is 28.2 Å². The first-order valence-corrected chi connectivity index (χ1v) is 6.32. The maximum absolute atomic E-state index is 12.3. The van der Waals surface area contributed by atoms with Crippen LogP contribution in [-0.4, -0.2) is 18.8 Å². The van der Waals surface area contributed by atoms with Gasteiger partial charge < -0.3 is 10.1 Å². The Hall–Kier alpha value is -1.24. The first kappa shape index (κ1) is 15.8. The van der Waals surface area contributed by atoms with Crippen LogP contribution >= 0.6 is 15.9 Å². The summed E-state index contributed by atoms with van der Waals surface area (Å²) < 4.78 is 40.9. The van der Waals surface area contributed by atoms with Gasteiger partial charge in [-0.1, -0.05) is 19.9 Å². The van der Waals surface area contributed by atoms with Crippen molar-refractivity contribution in [1.82, 2.24) is 5.32 Å². The van der Waals surface area contributed by atoms with Crippen LogP contribution in [0.3, 0.4) is 0 Å². The molecule has 0 heterocycles. The van der Waals surface area contributed by atoms with E-state index >= 15 is 0 Å². The molecule has 0 spiro atoms. The van der Waals surface area contributed by atoms with Crippen molar-refractivity contribution in [1.29, 1.82) is 0 Å². The Balaban J connectivity index is 3.01. The minimum absolute atomic E-state index is 0.166. The molecular formula is C12H13BrF3NO2. The first-order chi connectivity index (χ1) is 8.70. The summed E-state index contributed by atoms with van der Waals surface area (Å²) in [5.41, 5.74) is -0.166. The monoisotopic (exact) mass is 339 g/mol. The van der Waals surface area contributed by atoms with Crippen LogP contribution in [0.4, 0.5) is 13.2 Å². The lowest BCUT2D eigenvalue weighted by Crippen LogP contribution is -2.29. The Morgan fingerprint density at radius 3 is 2.58 bits per heavy atom. The summed E-state index contributed by atoms with van der Waals surface area (Å²) in [5, 5.41) is 2.55. The zero-order valence-electron chi connectivity index (χ0n) is 10.3. The van der Waals surface area contributed by atoms with E-state index in [2.05, 4.69) is 26.0 Å². The number of amides is 1. The zero-order valence-corrected chi connectivity index (χ0v) is 11.9. The Morgan fingerprint density at radius 1 is 1.42 bits per heavy atom. The van der Waals surface area contributed by atoms with Gasteiger partial charge in [0.05, 0.1) is 5.56 Å². The molecule has 0 saturated carbocycles. The predicted molar refractivity (Wildman–Crippen MR) is 68.0 cm³/mol. The molecule has 0 aliphatic heterocycles. The van der Waals surface area contributed by atoms with Crippen molar-refractivity contribution in [2.24, 2.45) is 5.92 Å². The van der Waals surface area contributed by atoms with Crippen LogP contribution in [-0.2, 0) is 0 Å². The number of hydrogen-bond donors (Lipinski definition) is 1. The van der Waals surface area contributed by atoms with E-state index in [0.717, 1.165) is 6.07 Å². The average molecular weight is 340 g/mol. The standard InChI is InChI=1S/C12H13BrF3NO2/c1-7(2)6-17-11(18)10-8(13)4-3-5-9(10)19-12(14,15)16/h3-5,7H,6H2,1-2H3,(H,17,18). The van der Waals surface area contributed by atoms with E-state index in [-0.39, 0.29) is 16.0 Å². The highest BCUT2D eigenvalue weighted by molar-refractivity contribution is 9.10. The first-order valence-electron chi connectivity index (χ1n) is 5.53. The summed E-state index contributed by atoms with van der Waals surface area (Å²) in [7, 11) is 0. The lowest BCUT2D eigenvalue weighted by Gasteiger charge is -2.15. The Bertz CT molecular complexity index is 461. The van der Waals surface area contributed by atoms with Gasteiger partial charge in [-0.3, -0.25) is 4.79 Å². The van der Waals surface area contributed by atoms with Gasteiger partial charge in [-0.25, -0.2) is 0 Å². The fourth-order valence-corrected chi connectivity index (χ4v) is 1.85. The molecule has 1 N–H and O–H groups in total. The summed E-state index contributed by atoms with van der Waals surface area (Å²) in [6.07, 6.45) is -4.84. The second kappa shape index (κ2) is 6.27. The summed E-state index contributed by atoms with van der Waals surface area (Å²) in [6.45, 7) is 4.13. The van der Waals surface area contributed by atoms with E-state index in [4.69, 9.17) is 0 Å². The third-order valence-corrected chi connectivity index (χ3v) is 2.76.